The first-order chi connectivity index (χ1) is 12.6. The van der Waals surface area contributed by atoms with E-state index in [-0.39, 0.29) is 5.97 Å². The summed E-state index contributed by atoms with van der Waals surface area (Å²) < 4.78 is 6.10. The van der Waals surface area contributed by atoms with Crippen molar-refractivity contribution in [2.75, 3.05) is 17.3 Å². The summed E-state index contributed by atoms with van der Waals surface area (Å²) in [6.07, 6.45) is 19.5. The summed E-state index contributed by atoms with van der Waals surface area (Å²) >= 11 is 0. The number of carbonyl (C=O) groups excluding carboxylic acids is 1. The molecule has 0 aliphatic rings. The van der Waals surface area contributed by atoms with Gasteiger partial charge in [0.25, 0.3) is 0 Å². The van der Waals surface area contributed by atoms with Crippen molar-refractivity contribution >= 4 is 16.3 Å². The number of carbonyl (C=O) groups is 1. The first-order valence-corrected chi connectivity index (χ1v) is 13.6. The van der Waals surface area contributed by atoms with Crippen molar-refractivity contribution in [2.24, 2.45) is 0 Å². The molecule has 0 bridgehead atoms. The molecule has 0 aliphatic carbocycles. The van der Waals surface area contributed by atoms with E-state index in [9.17, 15) is 4.79 Å². The van der Waals surface area contributed by atoms with Gasteiger partial charge in [-0.3, -0.25) is 4.79 Å². The Labute approximate surface area is 166 Å². The first kappa shape index (κ1) is 25.8. The molecule has 0 rings (SSSR count). The number of hydrogen-bond acceptors (Lipinski definition) is 2. The fourth-order valence-electron chi connectivity index (χ4n) is 3.59. The largest absolute Gasteiger partial charge is 0.416 e. The zero-order valence-corrected chi connectivity index (χ0v) is 19.3. The van der Waals surface area contributed by atoms with Gasteiger partial charge < -0.3 is 4.18 Å². The predicted molar refractivity (Wildman–Crippen MR) is 120 cm³/mol. The van der Waals surface area contributed by atoms with Crippen molar-refractivity contribution in [3.63, 3.8) is 0 Å². The van der Waals surface area contributed by atoms with Gasteiger partial charge in [0.1, 0.15) is 0 Å². The molecule has 0 amide bonds. The Morgan fingerprint density at radius 2 is 0.885 bits per heavy atom. The summed E-state index contributed by atoms with van der Waals surface area (Å²) in [5.41, 5.74) is 0. The molecule has 0 aliphatic heterocycles. The molecule has 2 nitrogen and oxygen atoms in total. The molecule has 0 N–H and O–H groups in total. The van der Waals surface area contributed by atoms with Gasteiger partial charge in [0.15, 0.2) is 0 Å². The Bertz CT molecular complexity index is 281. The van der Waals surface area contributed by atoms with Crippen molar-refractivity contribution in [1.29, 1.82) is 0 Å². The van der Waals surface area contributed by atoms with Gasteiger partial charge in [0, 0.05) is 24.2 Å². The molecule has 0 saturated heterocycles. The monoisotopic (exact) mass is 388 g/mol. The molecular weight excluding hydrogens is 340 g/mol. The smallest absolute Gasteiger partial charge is 0.313 e. The van der Waals surface area contributed by atoms with E-state index in [2.05, 4.69) is 20.8 Å². The normalized spacial score (nSPS) is 12.3. The van der Waals surface area contributed by atoms with Crippen LogP contribution in [-0.2, 0) is 8.98 Å². The lowest BCUT2D eigenvalue weighted by molar-refractivity contribution is -0.131. The number of hydrogen-bond donors (Lipinski definition) is 0. The maximum absolute atomic E-state index is 11.9. The SMILES string of the molecule is CCCCCCCS(CCCCCCC)(CCCCCCC)OC(C)=O. The summed E-state index contributed by atoms with van der Waals surface area (Å²) in [5, 5.41) is 0. The maximum atomic E-state index is 11.9. The van der Waals surface area contributed by atoms with Crippen LogP contribution in [0, 0.1) is 0 Å². The fourth-order valence-corrected chi connectivity index (χ4v) is 7.14. The Hall–Kier alpha value is -0.180. The van der Waals surface area contributed by atoms with Crippen LogP contribution in [0.1, 0.15) is 124 Å². The van der Waals surface area contributed by atoms with Gasteiger partial charge in [-0.15, -0.1) is 0 Å². The minimum absolute atomic E-state index is 0.0457. The van der Waals surface area contributed by atoms with Gasteiger partial charge in [-0.05, 0) is 19.3 Å². The summed E-state index contributed by atoms with van der Waals surface area (Å²) in [5.74, 6) is 3.41. The lowest BCUT2D eigenvalue weighted by atomic mass is 10.2. The Balaban J connectivity index is 4.61. The van der Waals surface area contributed by atoms with Crippen molar-refractivity contribution in [3.05, 3.63) is 0 Å². The second kappa shape index (κ2) is 18.2. The van der Waals surface area contributed by atoms with Gasteiger partial charge in [-0.25, -0.2) is 0 Å². The molecule has 0 atom stereocenters. The zero-order chi connectivity index (χ0) is 19.5. The maximum Gasteiger partial charge on any atom is 0.313 e. The number of rotatable bonds is 19. The van der Waals surface area contributed by atoms with Crippen LogP contribution < -0.4 is 0 Å². The molecule has 0 fully saturated rings. The predicted octanol–water partition coefficient (Wildman–Crippen LogP) is 8.18. The molecule has 0 unspecified atom stereocenters. The van der Waals surface area contributed by atoms with Crippen LogP contribution in [0.15, 0.2) is 0 Å². The van der Waals surface area contributed by atoms with Crippen LogP contribution in [0.2, 0.25) is 0 Å². The minimum Gasteiger partial charge on any atom is -0.416 e. The molecule has 0 aromatic heterocycles. The Morgan fingerprint density at radius 1 is 0.577 bits per heavy atom. The Kier molecular flexibility index (Phi) is 18.1. The molecule has 0 aromatic rings. The van der Waals surface area contributed by atoms with E-state index in [1.807, 2.05) is 0 Å². The zero-order valence-electron chi connectivity index (χ0n) is 18.5. The molecule has 0 radical (unpaired) electrons. The molecule has 158 valence electrons. The van der Waals surface area contributed by atoms with Crippen LogP contribution in [0.4, 0.5) is 0 Å². The molecule has 0 aromatic carbocycles. The van der Waals surface area contributed by atoms with Crippen LogP contribution in [0.25, 0.3) is 0 Å². The van der Waals surface area contributed by atoms with Gasteiger partial charge in [0.2, 0.25) is 0 Å². The molecule has 3 heteroatoms. The molecule has 26 heavy (non-hydrogen) atoms. The van der Waals surface area contributed by atoms with Gasteiger partial charge in [-0.1, -0.05) is 108 Å². The lowest BCUT2D eigenvalue weighted by Gasteiger charge is -2.39. The highest BCUT2D eigenvalue weighted by molar-refractivity contribution is 8.30. The van der Waals surface area contributed by atoms with Crippen LogP contribution in [0.3, 0.4) is 0 Å². The average Bonchev–Trinajstić information content (AvgIpc) is 2.60. The highest BCUT2D eigenvalue weighted by atomic mass is 32.3. The number of unbranched alkanes of at least 4 members (excludes halogenated alkanes) is 12. The van der Waals surface area contributed by atoms with E-state index >= 15 is 0 Å². The van der Waals surface area contributed by atoms with Crippen molar-refractivity contribution < 1.29 is 8.98 Å². The summed E-state index contributed by atoms with van der Waals surface area (Å²) in [6, 6.07) is 0. The van der Waals surface area contributed by atoms with Crippen molar-refractivity contribution in [1.82, 2.24) is 0 Å². The van der Waals surface area contributed by atoms with E-state index in [0.29, 0.717) is 0 Å². The third kappa shape index (κ3) is 14.9. The van der Waals surface area contributed by atoms with E-state index in [1.165, 1.54) is 96.3 Å². The van der Waals surface area contributed by atoms with Gasteiger partial charge >= 0.3 is 5.97 Å². The summed E-state index contributed by atoms with van der Waals surface area (Å²) in [6.45, 7) is 8.41. The van der Waals surface area contributed by atoms with Crippen molar-refractivity contribution in [3.8, 4) is 0 Å². The first-order valence-electron chi connectivity index (χ1n) is 11.6. The molecule has 0 saturated carbocycles. The average molecular weight is 389 g/mol. The Morgan fingerprint density at radius 3 is 1.15 bits per heavy atom. The summed E-state index contributed by atoms with van der Waals surface area (Å²) in [7, 11) is -1.21. The van der Waals surface area contributed by atoms with Gasteiger partial charge in [0.05, 0.1) is 0 Å². The van der Waals surface area contributed by atoms with Crippen LogP contribution in [-0.4, -0.2) is 23.2 Å². The van der Waals surface area contributed by atoms with E-state index in [4.69, 9.17) is 4.18 Å². The third-order valence-corrected chi connectivity index (χ3v) is 8.84. The topological polar surface area (TPSA) is 26.3 Å². The van der Waals surface area contributed by atoms with Crippen molar-refractivity contribution in [2.45, 2.75) is 124 Å². The van der Waals surface area contributed by atoms with E-state index < -0.39 is 10.3 Å². The highest BCUT2D eigenvalue weighted by Crippen LogP contribution is 2.52. The van der Waals surface area contributed by atoms with Gasteiger partial charge in [-0.2, -0.15) is 0 Å². The highest BCUT2D eigenvalue weighted by Gasteiger charge is 2.26. The standard InChI is InChI=1S/C23H48O2S/c1-5-8-11-14-17-20-26(25-23(4)24,21-18-15-12-9-6-2)22-19-16-13-10-7-3/h5-22H2,1-4H3. The fraction of sp³-hybridized carbons (Fsp3) is 0.957. The molecule has 0 spiro atoms. The van der Waals surface area contributed by atoms with E-state index in [1.54, 1.807) is 6.92 Å². The summed E-state index contributed by atoms with van der Waals surface area (Å²) in [4.78, 5) is 11.9. The third-order valence-electron chi connectivity index (χ3n) is 5.15. The second-order valence-corrected chi connectivity index (χ2v) is 11.2. The lowest BCUT2D eigenvalue weighted by Crippen LogP contribution is -2.20. The second-order valence-electron chi connectivity index (χ2n) is 7.90. The minimum atomic E-state index is -1.21. The van der Waals surface area contributed by atoms with E-state index in [0.717, 1.165) is 17.3 Å². The quantitative estimate of drug-likeness (QED) is 0.208. The molecule has 0 heterocycles. The molecular formula is C23H48O2S. The van der Waals surface area contributed by atoms with Crippen LogP contribution >= 0.6 is 10.3 Å². The van der Waals surface area contributed by atoms with Crippen LogP contribution in [0.5, 0.6) is 0 Å².